The van der Waals surface area contributed by atoms with Crippen molar-refractivity contribution in [2.24, 2.45) is 5.10 Å². The van der Waals surface area contributed by atoms with E-state index in [1.165, 1.54) is 0 Å². The minimum Gasteiger partial charge on any atom is -0.370 e. The summed E-state index contributed by atoms with van der Waals surface area (Å²) in [5, 5.41) is 12.6. The van der Waals surface area contributed by atoms with E-state index in [9.17, 15) is 9.59 Å². The minimum atomic E-state index is -0.189. The predicted octanol–water partition coefficient (Wildman–Crippen LogP) is 3.51. The number of benzene rings is 1. The van der Waals surface area contributed by atoms with Crippen LogP contribution in [0.3, 0.4) is 0 Å². The first-order valence-electron chi connectivity index (χ1n) is 9.77. The fourth-order valence-corrected chi connectivity index (χ4v) is 2.92. The molecule has 11 heteroatoms. The Morgan fingerprint density at radius 2 is 1.97 bits per heavy atom. The van der Waals surface area contributed by atoms with Gasteiger partial charge in [0.25, 0.3) is 0 Å². The highest BCUT2D eigenvalue weighted by molar-refractivity contribution is 14.1. The number of amidine groups is 1. The van der Waals surface area contributed by atoms with Crippen LogP contribution in [0.5, 0.6) is 0 Å². The Morgan fingerprint density at radius 3 is 2.67 bits per heavy atom. The Balaban J connectivity index is 0.00000218. The Bertz CT molecular complexity index is 721. The molecule has 2 amide bonds. The molecule has 168 valence electrons. The molecule has 1 aliphatic heterocycles. The summed E-state index contributed by atoms with van der Waals surface area (Å²) in [5.74, 6) is 0.289. The molecular weight excluding hydrogens is 544 g/mol. The second-order valence-electron chi connectivity index (χ2n) is 5.96. The van der Waals surface area contributed by atoms with Crippen molar-refractivity contribution in [2.45, 2.75) is 33.1 Å². The second kappa shape index (κ2) is 15.6. The number of nitrogens with one attached hydrogen (secondary N) is 3. The molecule has 0 bridgehead atoms. The molecule has 0 saturated heterocycles. The highest BCUT2D eigenvalue weighted by Gasteiger charge is 2.18. The molecule has 0 atom stereocenters. The smallest absolute Gasteiger partial charge is 0.245 e. The van der Waals surface area contributed by atoms with Crippen molar-refractivity contribution >= 4 is 69.4 Å². The fraction of sp³-hybridized carbons (Fsp3) is 0.526. The third-order valence-electron chi connectivity index (χ3n) is 3.76. The number of ether oxygens (including phenoxy) is 1. The molecule has 0 spiro atoms. The van der Waals surface area contributed by atoms with Crippen molar-refractivity contribution in [3.05, 3.63) is 28.2 Å². The molecule has 1 heterocycles. The topological polar surface area (TPSA) is 95.1 Å². The first-order valence-corrected chi connectivity index (χ1v) is 11.6. The van der Waals surface area contributed by atoms with Crippen molar-refractivity contribution < 1.29 is 14.3 Å². The molecular formula is C19H28Cl2IN5O3. The summed E-state index contributed by atoms with van der Waals surface area (Å²) < 4.78 is 8.07. The molecule has 1 aromatic carbocycles. The minimum absolute atomic E-state index is 0.0197. The maximum Gasteiger partial charge on any atom is 0.245 e. The van der Waals surface area contributed by atoms with Crippen LogP contribution >= 0.6 is 46.1 Å². The molecule has 0 fully saturated rings. The lowest BCUT2D eigenvalue weighted by molar-refractivity contribution is -0.126. The van der Waals surface area contributed by atoms with Crippen molar-refractivity contribution in [3.63, 3.8) is 0 Å². The van der Waals surface area contributed by atoms with E-state index in [1.54, 1.807) is 17.1 Å². The number of halogens is 3. The molecule has 30 heavy (non-hydrogen) atoms. The number of anilines is 1. The van der Waals surface area contributed by atoms with Gasteiger partial charge in [-0.25, -0.2) is 0 Å². The number of amides is 2. The number of hydrogen-bond acceptors (Lipinski definition) is 6. The normalized spacial score (nSPS) is 12.7. The zero-order valence-corrected chi connectivity index (χ0v) is 20.8. The molecule has 1 aliphatic rings. The molecule has 8 nitrogen and oxygen atoms in total. The zero-order chi connectivity index (χ0) is 22.4. The molecule has 0 unspecified atom stereocenters. The highest BCUT2D eigenvalue weighted by Crippen LogP contribution is 2.28. The van der Waals surface area contributed by atoms with Crippen LogP contribution in [0.1, 0.15) is 33.1 Å². The van der Waals surface area contributed by atoms with Gasteiger partial charge in [0.1, 0.15) is 12.4 Å². The van der Waals surface area contributed by atoms with Gasteiger partial charge >= 0.3 is 0 Å². The van der Waals surface area contributed by atoms with E-state index in [0.717, 1.165) is 5.69 Å². The van der Waals surface area contributed by atoms with Gasteiger partial charge in [-0.2, -0.15) is 5.10 Å². The maximum absolute atomic E-state index is 12.0. The van der Waals surface area contributed by atoms with Gasteiger partial charge in [-0.3, -0.25) is 18.1 Å². The van der Waals surface area contributed by atoms with E-state index in [0.29, 0.717) is 61.4 Å². The van der Waals surface area contributed by atoms with Gasteiger partial charge in [-0.1, -0.05) is 37.0 Å². The van der Waals surface area contributed by atoms with Crippen molar-refractivity contribution in [2.75, 3.05) is 37.9 Å². The molecule has 2 rings (SSSR count). The first-order chi connectivity index (χ1) is 14.5. The van der Waals surface area contributed by atoms with Gasteiger partial charge in [0.05, 0.1) is 22.3 Å². The first kappa shape index (κ1) is 26.9. The Kier molecular flexibility index (Phi) is 14.0. The SMILES string of the molecule is CC.O=C(COCCNI)NCCCC(=O)NC1=NN(c2ccc(Cl)c(Cl)c2)CC1. The summed E-state index contributed by atoms with van der Waals surface area (Å²) in [4.78, 5) is 23.6. The molecule has 0 radical (unpaired) electrons. The Hall–Kier alpha value is -1.14. The third-order valence-corrected chi connectivity index (χ3v) is 5.04. The van der Waals surface area contributed by atoms with Gasteiger partial charge < -0.3 is 15.4 Å². The summed E-state index contributed by atoms with van der Waals surface area (Å²) in [6.45, 7) is 6.24. The van der Waals surface area contributed by atoms with Gasteiger partial charge in [-0.05, 0) is 24.6 Å². The lowest BCUT2D eigenvalue weighted by atomic mass is 10.3. The third kappa shape index (κ3) is 10.3. The summed E-state index contributed by atoms with van der Waals surface area (Å²) in [6, 6.07) is 5.28. The number of hydrogen-bond donors (Lipinski definition) is 3. The average molecular weight is 572 g/mol. The van der Waals surface area contributed by atoms with Crippen LogP contribution in [0.2, 0.25) is 10.0 Å². The molecule has 1 aromatic rings. The van der Waals surface area contributed by atoms with E-state index in [1.807, 2.05) is 42.8 Å². The molecule has 3 N–H and O–H groups in total. The van der Waals surface area contributed by atoms with Gasteiger partial charge in [0.2, 0.25) is 11.8 Å². The van der Waals surface area contributed by atoms with Gasteiger partial charge in [-0.15, -0.1) is 0 Å². The van der Waals surface area contributed by atoms with Crippen LogP contribution in [-0.4, -0.2) is 50.5 Å². The highest BCUT2D eigenvalue weighted by atomic mass is 127. The lowest BCUT2D eigenvalue weighted by Gasteiger charge is -2.13. The molecule has 0 saturated carbocycles. The van der Waals surface area contributed by atoms with Crippen LogP contribution in [0.4, 0.5) is 5.69 Å². The van der Waals surface area contributed by atoms with Crippen molar-refractivity contribution in [1.82, 2.24) is 14.2 Å². The van der Waals surface area contributed by atoms with Crippen molar-refractivity contribution in [3.8, 4) is 0 Å². The van der Waals surface area contributed by atoms with Crippen LogP contribution < -0.4 is 19.2 Å². The van der Waals surface area contributed by atoms with Gasteiger partial charge in [0, 0.05) is 55.3 Å². The van der Waals surface area contributed by atoms with Crippen LogP contribution in [0.25, 0.3) is 0 Å². The quantitative estimate of drug-likeness (QED) is 0.227. The zero-order valence-electron chi connectivity index (χ0n) is 17.1. The monoisotopic (exact) mass is 571 g/mol. The number of nitrogens with zero attached hydrogens (tertiary/aromatic N) is 2. The number of carbonyl (C=O) groups is 2. The van der Waals surface area contributed by atoms with E-state index in [2.05, 4.69) is 19.3 Å². The van der Waals surface area contributed by atoms with E-state index >= 15 is 0 Å². The van der Waals surface area contributed by atoms with E-state index in [4.69, 9.17) is 27.9 Å². The second-order valence-corrected chi connectivity index (χ2v) is 7.53. The molecule has 0 aromatic heterocycles. The predicted molar refractivity (Wildman–Crippen MR) is 130 cm³/mol. The summed E-state index contributed by atoms with van der Waals surface area (Å²) in [7, 11) is 0. The van der Waals surface area contributed by atoms with Crippen molar-refractivity contribution in [1.29, 1.82) is 0 Å². The number of rotatable bonds is 10. The molecule has 0 aliphatic carbocycles. The summed E-state index contributed by atoms with van der Waals surface area (Å²) in [5.41, 5.74) is 0.817. The van der Waals surface area contributed by atoms with E-state index in [-0.39, 0.29) is 18.4 Å². The number of carbonyl (C=O) groups excluding carboxylic acids is 2. The average Bonchev–Trinajstić information content (AvgIpc) is 3.20. The Labute approximate surface area is 201 Å². The maximum atomic E-state index is 12.0. The Morgan fingerprint density at radius 1 is 1.20 bits per heavy atom. The lowest BCUT2D eigenvalue weighted by Crippen LogP contribution is -2.32. The van der Waals surface area contributed by atoms with Gasteiger partial charge in [0.15, 0.2) is 0 Å². The number of hydrazone groups is 1. The fourth-order valence-electron chi connectivity index (χ4n) is 2.40. The van der Waals surface area contributed by atoms with Crippen LogP contribution in [-0.2, 0) is 14.3 Å². The van der Waals surface area contributed by atoms with E-state index < -0.39 is 0 Å². The largest absolute Gasteiger partial charge is 0.370 e. The standard InChI is InChI=1S/C17H22Cl2IN5O3.C2H6/c18-13-4-3-12(10-14(13)19)25-8-5-15(24-25)23-16(26)2-1-6-21-17(27)11-28-9-7-22-20;1-2/h3-4,10,22H,1-2,5-9,11H2,(H,21,27)(H,23,24,26);1-2H3. The summed E-state index contributed by atoms with van der Waals surface area (Å²) >= 11 is 14.0. The van der Waals surface area contributed by atoms with Crippen LogP contribution in [0, 0.1) is 0 Å². The van der Waals surface area contributed by atoms with Crippen LogP contribution in [0.15, 0.2) is 23.3 Å². The summed E-state index contributed by atoms with van der Waals surface area (Å²) in [6.07, 6.45) is 1.47.